The lowest BCUT2D eigenvalue weighted by atomic mass is 10.1. The molecule has 3 heterocycles. The summed E-state index contributed by atoms with van der Waals surface area (Å²) in [6.45, 7) is 4.63. The van der Waals surface area contributed by atoms with E-state index in [1.807, 2.05) is 32.0 Å². The smallest absolute Gasteiger partial charge is 0.323 e. The number of piperazine rings is 1. The van der Waals surface area contributed by atoms with Crippen LogP contribution in [0.2, 0.25) is 0 Å². The number of amides is 2. The third-order valence-corrected chi connectivity index (χ3v) is 6.28. The van der Waals surface area contributed by atoms with Gasteiger partial charge in [-0.2, -0.15) is 0 Å². The summed E-state index contributed by atoms with van der Waals surface area (Å²) >= 11 is 1.43. The number of nitrogens with zero attached hydrogens (tertiary/aromatic N) is 4. The molecule has 164 valence electrons. The number of thiazole rings is 1. The van der Waals surface area contributed by atoms with Gasteiger partial charge in [0, 0.05) is 37.4 Å². The highest BCUT2D eigenvalue weighted by Crippen LogP contribution is 2.28. The highest BCUT2D eigenvalue weighted by atomic mass is 32.1. The van der Waals surface area contributed by atoms with E-state index in [1.54, 1.807) is 9.80 Å². The molecule has 3 aromatic rings. The molecule has 8 nitrogen and oxygen atoms in total. The van der Waals surface area contributed by atoms with Crippen molar-refractivity contribution in [1.29, 1.82) is 0 Å². The molecule has 1 fully saturated rings. The standard InChI is InChI=1S/C21H24FN5O3S/c1-12-3-4-16-18(7-12)31-20(24-16)25-21(30)26-5-6-27(13(2)10-26)19-15(22)8-14(9-23-19)17(29)11-28/h3-4,7-9,13,17,28-29H,5-6,10-11H2,1-2H3,(H,24,25,30)/t13-,17-/m1/s1. The van der Waals surface area contributed by atoms with Crippen molar-refractivity contribution in [1.82, 2.24) is 14.9 Å². The zero-order chi connectivity index (χ0) is 22.1. The second-order valence-corrected chi connectivity index (χ2v) is 8.71. The number of aliphatic hydroxyl groups is 2. The predicted octanol–water partition coefficient (Wildman–Crippen LogP) is 2.91. The van der Waals surface area contributed by atoms with Crippen LogP contribution in [0.5, 0.6) is 0 Å². The number of nitrogens with one attached hydrogen (secondary N) is 1. The normalized spacial score (nSPS) is 17.8. The van der Waals surface area contributed by atoms with Crippen molar-refractivity contribution >= 4 is 38.5 Å². The molecule has 1 aliphatic heterocycles. The summed E-state index contributed by atoms with van der Waals surface area (Å²) in [6, 6.07) is 6.74. The largest absolute Gasteiger partial charge is 0.393 e. The van der Waals surface area contributed by atoms with Gasteiger partial charge in [0.15, 0.2) is 16.8 Å². The molecular weight excluding hydrogens is 421 g/mol. The van der Waals surface area contributed by atoms with E-state index in [9.17, 15) is 14.3 Å². The van der Waals surface area contributed by atoms with Crippen LogP contribution in [0.3, 0.4) is 0 Å². The number of aryl methyl sites for hydroxylation is 1. The van der Waals surface area contributed by atoms with Crippen LogP contribution >= 0.6 is 11.3 Å². The zero-order valence-electron chi connectivity index (χ0n) is 17.2. The molecule has 10 heteroatoms. The third-order valence-electron chi connectivity index (χ3n) is 5.35. The van der Waals surface area contributed by atoms with E-state index in [2.05, 4.69) is 15.3 Å². The van der Waals surface area contributed by atoms with Gasteiger partial charge in [0.2, 0.25) is 0 Å². The van der Waals surface area contributed by atoms with Gasteiger partial charge in [-0.1, -0.05) is 17.4 Å². The molecule has 3 N–H and O–H groups in total. The first kappa shape index (κ1) is 21.4. The number of aromatic nitrogens is 2. The summed E-state index contributed by atoms with van der Waals surface area (Å²) in [6.07, 6.45) is 0.195. The average molecular weight is 446 g/mol. The number of benzene rings is 1. The highest BCUT2D eigenvalue weighted by Gasteiger charge is 2.30. The van der Waals surface area contributed by atoms with Crippen LogP contribution in [0.15, 0.2) is 30.5 Å². The lowest BCUT2D eigenvalue weighted by molar-refractivity contribution is 0.0951. The molecular formula is C21H24FN5O3S. The number of hydrogen-bond acceptors (Lipinski definition) is 7. The van der Waals surface area contributed by atoms with Gasteiger partial charge in [0.1, 0.15) is 6.10 Å². The van der Waals surface area contributed by atoms with E-state index in [1.165, 1.54) is 23.6 Å². The maximum Gasteiger partial charge on any atom is 0.323 e. The van der Waals surface area contributed by atoms with Crippen molar-refractivity contribution < 1.29 is 19.4 Å². The zero-order valence-corrected chi connectivity index (χ0v) is 18.1. The first-order valence-corrected chi connectivity index (χ1v) is 10.8. The molecule has 4 rings (SSSR count). The van der Waals surface area contributed by atoms with Crippen LogP contribution in [0.1, 0.15) is 24.2 Å². The molecule has 2 atom stereocenters. The molecule has 2 aromatic heterocycles. The Hall–Kier alpha value is -2.82. The first-order chi connectivity index (χ1) is 14.9. The summed E-state index contributed by atoms with van der Waals surface area (Å²) in [5, 5.41) is 22.1. The fraction of sp³-hybridized carbons (Fsp3) is 0.381. The number of carbonyl (C=O) groups excluding carboxylic acids is 1. The van der Waals surface area contributed by atoms with Crippen molar-refractivity contribution in [2.45, 2.75) is 26.0 Å². The molecule has 31 heavy (non-hydrogen) atoms. The Morgan fingerprint density at radius 1 is 1.39 bits per heavy atom. The van der Waals surface area contributed by atoms with Crippen molar-refractivity contribution in [2.75, 3.05) is 36.5 Å². The minimum absolute atomic E-state index is 0.159. The predicted molar refractivity (Wildman–Crippen MR) is 118 cm³/mol. The lowest BCUT2D eigenvalue weighted by Gasteiger charge is -2.40. The molecule has 0 bridgehead atoms. The van der Waals surface area contributed by atoms with Crippen LogP contribution in [-0.2, 0) is 0 Å². The molecule has 0 unspecified atom stereocenters. The van der Waals surface area contributed by atoms with Gasteiger partial charge in [-0.25, -0.2) is 19.2 Å². The quantitative estimate of drug-likeness (QED) is 0.571. The average Bonchev–Trinajstić information content (AvgIpc) is 3.14. The number of rotatable bonds is 4. The summed E-state index contributed by atoms with van der Waals surface area (Å²) in [5.41, 5.74) is 2.21. The topological polar surface area (TPSA) is 102 Å². The molecule has 1 aliphatic rings. The number of aliphatic hydroxyl groups excluding tert-OH is 2. The van der Waals surface area contributed by atoms with E-state index in [0.717, 1.165) is 15.8 Å². The minimum atomic E-state index is -1.17. The van der Waals surface area contributed by atoms with Gasteiger partial charge in [0.25, 0.3) is 0 Å². The summed E-state index contributed by atoms with van der Waals surface area (Å²) in [4.78, 5) is 24.8. The van der Waals surface area contributed by atoms with Crippen LogP contribution in [0.4, 0.5) is 20.1 Å². The molecule has 0 aliphatic carbocycles. The fourth-order valence-electron chi connectivity index (χ4n) is 3.66. The van der Waals surface area contributed by atoms with Crippen molar-refractivity contribution in [3.63, 3.8) is 0 Å². The van der Waals surface area contributed by atoms with E-state index in [0.29, 0.717) is 24.8 Å². The Morgan fingerprint density at radius 3 is 2.90 bits per heavy atom. The maximum atomic E-state index is 14.6. The number of hydrogen-bond donors (Lipinski definition) is 3. The van der Waals surface area contributed by atoms with Gasteiger partial charge in [0.05, 0.1) is 16.8 Å². The first-order valence-electron chi connectivity index (χ1n) is 10.00. The van der Waals surface area contributed by atoms with E-state index in [-0.39, 0.29) is 23.5 Å². The van der Waals surface area contributed by atoms with Gasteiger partial charge >= 0.3 is 6.03 Å². The van der Waals surface area contributed by atoms with Gasteiger partial charge < -0.3 is 20.0 Å². The van der Waals surface area contributed by atoms with Gasteiger partial charge in [-0.15, -0.1) is 0 Å². The highest BCUT2D eigenvalue weighted by molar-refractivity contribution is 7.22. The van der Waals surface area contributed by atoms with Gasteiger partial charge in [-0.3, -0.25) is 5.32 Å². The molecule has 1 aromatic carbocycles. The fourth-order valence-corrected chi connectivity index (χ4v) is 4.61. The van der Waals surface area contributed by atoms with Crippen LogP contribution in [0.25, 0.3) is 10.2 Å². The van der Waals surface area contributed by atoms with Crippen LogP contribution < -0.4 is 10.2 Å². The van der Waals surface area contributed by atoms with E-state index in [4.69, 9.17) is 5.11 Å². The van der Waals surface area contributed by atoms with E-state index >= 15 is 0 Å². The molecule has 0 spiro atoms. The summed E-state index contributed by atoms with van der Waals surface area (Å²) in [5.74, 6) is -0.400. The lowest BCUT2D eigenvalue weighted by Crippen LogP contribution is -2.55. The second-order valence-electron chi connectivity index (χ2n) is 7.68. The number of urea groups is 1. The monoisotopic (exact) mass is 445 g/mol. The number of fused-ring (bicyclic) bond motifs is 1. The third kappa shape index (κ3) is 4.46. The molecule has 1 saturated heterocycles. The maximum absolute atomic E-state index is 14.6. The minimum Gasteiger partial charge on any atom is -0.393 e. The van der Waals surface area contributed by atoms with Crippen molar-refractivity contribution in [2.24, 2.45) is 0 Å². The van der Waals surface area contributed by atoms with Crippen LogP contribution in [0, 0.1) is 12.7 Å². The molecule has 2 amide bonds. The number of carbonyl (C=O) groups is 1. The Kier molecular flexibility index (Phi) is 6.03. The van der Waals surface area contributed by atoms with Crippen molar-refractivity contribution in [3.05, 3.63) is 47.4 Å². The molecule has 0 radical (unpaired) electrons. The Balaban J connectivity index is 1.42. The summed E-state index contributed by atoms with van der Waals surface area (Å²) < 4.78 is 15.6. The Morgan fingerprint density at radius 2 is 2.19 bits per heavy atom. The van der Waals surface area contributed by atoms with Gasteiger partial charge in [-0.05, 0) is 37.6 Å². The second kappa shape index (κ2) is 8.74. The summed E-state index contributed by atoms with van der Waals surface area (Å²) in [7, 11) is 0. The molecule has 0 saturated carbocycles. The number of halogens is 1. The van der Waals surface area contributed by atoms with Crippen molar-refractivity contribution in [3.8, 4) is 0 Å². The SMILES string of the molecule is Cc1ccc2nc(NC(=O)N3CCN(c4ncc([C@H](O)CO)cc4F)[C@H](C)C3)sc2c1. The number of pyridine rings is 1. The Bertz CT molecular complexity index is 1110. The number of anilines is 2. The van der Waals surface area contributed by atoms with E-state index < -0.39 is 18.5 Å². The van der Waals surface area contributed by atoms with Crippen LogP contribution in [-0.4, -0.2) is 63.4 Å². The Labute approximate surface area is 183 Å².